The average molecular weight is 500 g/mol. The summed E-state index contributed by atoms with van der Waals surface area (Å²) in [5.74, 6) is -1.08. The van der Waals surface area contributed by atoms with Gasteiger partial charge in [-0.05, 0) is 35.8 Å². The summed E-state index contributed by atoms with van der Waals surface area (Å²) >= 11 is 3.21. The number of rotatable bonds is 6. The number of aromatic nitrogens is 2. The molecule has 0 amide bonds. The number of hydrogen-bond acceptors (Lipinski definition) is 8. The van der Waals surface area contributed by atoms with Crippen molar-refractivity contribution in [1.29, 1.82) is 0 Å². The van der Waals surface area contributed by atoms with Crippen molar-refractivity contribution in [3.8, 4) is 5.75 Å². The van der Waals surface area contributed by atoms with Gasteiger partial charge in [-0.3, -0.25) is 0 Å². The highest BCUT2D eigenvalue weighted by Crippen LogP contribution is 2.40. The number of hydrogen-bond donors (Lipinski definition) is 5. The molecular formula is C15H17BrF3N5O4S. The molecule has 29 heavy (non-hydrogen) atoms. The molecule has 0 aliphatic carbocycles. The van der Waals surface area contributed by atoms with Crippen molar-refractivity contribution in [2.24, 2.45) is 5.14 Å². The molecule has 1 aromatic carbocycles. The van der Waals surface area contributed by atoms with Crippen molar-refractivity contribution in [3.63, 3.8) is 0 Å². The fourth-order valence-electron chi connectivity index (χ4n) is 2.19. The zero-order valence-corrected chi connectivity index (χ0v) is 17.4. The molecule has 160 valence electrons. The normalized spacial score (nSPS) is 14.3. The van der Waals surface area contributed by atoms with Gasteiger partial charge in [0.25, 0.3) is 0 Å². The van der Waals surface area contributed by atoms with Crippen LogP contribution in [0.2, 0.25) is 0 Å². The van der Waals surface area contributed by atoms with Gasteiger partial charge in [0.2, 0.25) is 16.0 Å². The molecule has 1 aromatic heterocycles. The first kappa shape index (κ1) is 23.1. The highest BCUT2D eigenvalue weighted by Gasteiger charge is 2.39. The maximum atomic E-state index is 13.3. The van der Waals surface area contributed by atoms with Gasteiger partial charge in [0.05, 0.1) is 22.2 Å². The van der Waals surface area contributed by atoms with Gasteiger partial charge in [-0.1, -0.05) is 0 Å². The number of nitrogens with one attached hydrogen (secondary N) is 2. The van der Waals surface area contributed by atoms with Gasteiger partial charge in [0.1, 0.15) is 16.5 Å². The number of aliphatic hydroxyl groups is 1. The number of primary sulfonamides is 1. The Hall–Kier alpha value is -2.16. The minimum absolute atomic E-state index is 0.149. The van der Waals surface area contributed by atoms with E-state index in [4.69, 9.17) is 5.14 Å². The lowest BCUT2D eigenvalue weighted by molar-refractivity contribution is -0.140. The van der Waals surface area contributed by atoms with E-state index in [1.54, 1.807) is 13.8 Å². The lowest BCUT2D eigenvalue weighted by atomic mass is 10.1. The Labute approximate surface area is 172 Å². The average Bonchev–Trinajstić information content (AvgIpc) is 2.55. The standard InChI is InChI=1S/C15H17BrF3N5O4S/c1-6(7(2)25)22-13-10(16)5-21-14(24-13)23-8-3-9(15(17,18)19)12(11(26)4-8)29(20,27)28/h3-7,25-26H,1-2H3,(H2,20,27,28)(H2,21,22,23,24)/t6-,7-/m1/s1. The topological polar surface area (TPSA) is 150 Å². The molecule has 2 aromatic rings. The van der Waals surface area contributed by atoms with E-state index in [2.05, 4.69) is 36.5 Å². The monoisotopic (exact) mass is 499 g/mol. The van der Waals surface area contributed by atoms with Gasteiger partial charge in [-0.25, -0.2) is 18.5 Å². The first-order valence-corrected chi connectivity index (χ1v) is 10.2. The third-order valence-corrected chi connectivity index (χ3v) is 5.33. The molecule has 0 saturated heterocycles. The predicted molar refractivity (Wildman–Crippen MR) is 102 cm³/mol. The van der Waals surface area contributed by atoms with Crippen LogP contribution >= 0.6 is 15.9 Å². The molecule has 0 spiro atoms. The van der Waals surface area contributed by atoms with Gasteiger partial charge in [0.15, 0.2) is 0 Å². The van der Waals surface area contributed by atoms with Crippen molar-refractivity contribution < 1.29 is 31.8 Å². The van der Waals surface area contributed by atoms with Crippen molar-refractivity contribution in [1.82, 2.24) is 9.97 Å². The summed E-state index contributed by atoms with van der Waals surface area (Å²) in [6.45, 7) is 3.24. The Bertz CT molecular complexity index is 1020. The van der Waals surface area contributed by atoms with E-state index in [9.17, 15) is 31.8 Å². The number of anilines is 3. The van der Waals surface area contributed by atoms with Crippen LogP contribution in [0.3, 0.4) is 0 Å². The Kier molecular flexibility index (Phi) is 6.61. The fourth-order valence-corrected chi connectivity index (χ4v) is 3.33. The Morgan fingerprint density at radius 1 is 1.28 bits per heavy atom. The predicted octanol–water partition coefficient (Wildman–Crippen LogP) is 2.54. The second-order valence-corrected chi connectivity index (χ2v) is 8.46. The number of alkyl halides is 3. The molecule has 0 bridgehead atoms. The highest BCUT2D eigenvalue weighted by atomic mass is 79.9. The van der Waals surface area contributed by atoms with Crippen LogP contribution < -0.4 is 15.8 Å². The van der Waals surface area contributed by atoms with Crippen LogP contribution in [0.1, 0.15) is 19.4 Å². The van der Waals surface area contributed by atoms with Crippen LogP contribution in [-0.4, -0.2) is 40.7 Å². The zero-order chi connectivity index (χ0) is 22.1. The minimum atomic E-state index is -5.10. The lowest BCUT2D eigenvalue weighted by Gasteiger charge is -2.19. The highest BCUT2D eigenvalue weighted by molar-refractivity contribution is 9.10. The number of aromatic hydroxyl groups is 1. The molecule has 0 fully saturated rings. The molecule has 0 aliphatic rings. The number of aliphatic hydroxyl groups excluding tert-OH is 1. The number of benzene rings is 1. The zero-order valence-electron chi connectivity index (χ0n) is 15.0. The molecule has 14 heteroatoms. The van der Waals surface area contributed by atoms with E-state index in [0.717, 1.165) is 6.07 Å². The van der Waals surface area contributed by atoms with Crippen LogP contribution in [0.25, 0.3) is 0 Å². The summed E-state index contributed by atoms with van der Waals surface area (Å²) in [6, 6.07) is 0.825. The van der Waals surface area contributed by atoms with Crippen LogP contribution in [0.15, 0.2) is 27.7 Å². The van der Waals surface area contributed by atoms with Crippen molar-refractivity contribution in [2.45, 2.75) is 37.1 Å². The molecule has 0 radical (unpaired) electrons. The molecule has 0 saturated carbocycles. The van der Waals surface area contributed by atoms with E-state index < -0.39 is 44.6 Å². The quantitative estimate of drug-likeness (QED) is 0.406. The van der Waals surface area contributed by atoms with E-state index in [1.807, 2.05) is 0 Å². The maximum Gasteiger partial charge on any atom is 0.417 e. The minimum Gasteiger partial charge on any atom is -0.506 e. The third-order valence-electron chi connectivity index (χ3n) is 3.75. The summed E-state index contributed by atoms with van der Waals surface area (Å²) in [7, 11) is -4.84. The molecule has 6 N–H and O–H groups in total. The van der Waals surface area contributed by atoms with Gasteiger partial charge in [-0.15, -0.1) is 0 Å². The first-order valence-electron chi connectivity index (χ1n) is 7.91. The van der Waals surface area contributed by atoms with Gasteiger partial charge in [0, 0.05) is 18.0 Å². The third kappa shape index (κ3) is 5.68. The maximum absolute atomic E-state index is 13.3. The molecule has 2 rings (SSSR count). The van der Waals surface area contributed by atoms with E-state index in [1.165, 1.54) is 6.20 Å². The van der Waals surface area contributed by atoms with E-state index >= 15 is 0 Å². The number of sulfonamides is 1. The Morgan fingerprint density at radius 3 is 2.41 bits per heavy atom. The van der Waals surface area contributed by atoms with Crippen LogP contribution in [0.4, 0.5) is 30.6 Å². The Balaban J connectivity index is 2.46. The summed E-state index contributed by atoms with van der Waals surface area (Å²) < 4.78 is 63.2. The van der Waals surface area contributed by atoms with Crippen LogP contribution in [-0.2, 0) is 16.2 Å². The van der Waals surface area contributed by atoms with E-state index in [-0.39, 0.29) is 17.5 Å². The summed E-state index contributed by atoms with van der Waals surface area (Å²) in [6.07, 6.45) is -4.50. The number of phenolic OH excluding ortho intramolecular Hbond substituents is 1. The van der Waals surface area contributed by atoms with Gasteiger partial charge < -0.3 is 20.8 Å². The van der Waals surface area contributed by atoms with Crippen molar-refractivity contribution in [3.05, 3.63) is 28.4 Å². The second kappa shape index (κ2) is 8.30. The second-order valence-electron chi connectivity index (χ2n) is 6.10. The van der Waals surface area contributed by atoms with Crippen LogP contribution in [0, 0.1) is 0 Å². The van der Waals surface area contributed by atoms with Crippen molar-refractivity contribution in [2.75, 3.05) is 10.6 Å². The number of nitrogens with zero attached hydrogens (tertiary/aromatic N) is 2. The number of phenols is 1. The molecule has 9 nitrogen and oxygen atoms in total. The Morgan fingerprint density at radius 2 is 1.90 bits per heavy atom. The summed E-state index contributed by atoms with van der Waals surface area (Å²) in [5, 5.41) is 29.6. The largest absolute Gasteiger partial charge is 0.506 e. The van der Waals surface area contributed by atoms with Gasteiger partial charge in [-0.2, -0.15) is 18.2 Å². The molecule has 0 aliphatic heterocycles. The van der Waals surface area contributed by atoms with E-state index in [0.29, 0.717) is 10.5 Å². The first-order chi connectivity index (χ1) is 13.2. The molecule has 2 atom stereocenters. The van der Waals surface area contributed by atoms with Gasteiger partial charge >= 0.3 is 6.18 Å². The number of halogens is 4. The smallest absolute Gasteiger partial charge is 0.417 e. The molecule has 1 heterocycles. The fraction of sp³-hybridized carbons (Fsp3) is 0.333. The summed E-state index contributed by atoms with van der Waals surface area (Å²) in [4.78, 5) is 6.56. The summed E-state index contributed by atoms with van der Waals surface area (Å²) in [5.41, 5.74) is -1.96. The lowest BCUT2D eigenvalue weighted by Crippen LogP contribution is -2.28. The van der Waals surface area contributed by atoms with Crippen LogP contribution in [0.5, 0.6) is 5.75 Å². The molecular weight excluding hydrogens is 483 g/mol. The van der Waals surface area contributed by atoms with Crippen molar-refractivity contribution >= 4 is 43.4 Å². The molecule has 0 unspecified atom stereocenters. The SMILES string of the molecule is C[C@@H](O)[C@@H](C)Nc1nc(Nc2cc(O)c(S(N)(=O)=O)c(C(F)(F)F)c2)ncc1Br. The number of nitrogens with two attached hydrogens (primary N) is 1.